The van der Waals surface area contributed by atoms with Crippen LogP contribution >= 0.6 is 0 Å². The monoisotopic (exact) mass is 823 g/mol. The number of fused-ring (bicyclic) bond motifs is 1. The van der Waals surface area contributed by atoms with Gasteiger partial charge in [-0.15, -0.1) is 0 Å². The molecule has 2 atom stereocenters. The molecule has 1 aromatic carbocycles. The van der Waals surface area contributed by atoms with E-state index in [-0.39, 0.29) is 6.10 Å². The number of benzene rings is 1. The molecule has 2 unspecified atom stereocenters. The van der Waals surface area contributed by atoms with Crippen LogP contribution in [-0.2, 0) is 4.74 Å². The predicted octanol–water partition coefficient (Wildman–Crippen LogP) is 14.5. The highest BCUT2D eigenvalue weighted by atomic mass is 16.6. The van der Waals surface area contributed by atoms with Crippen molar-refractivity contribution in [2.75, 3.05) is 52.5 Å². The van der Waals surface area contributed by atoms with Crippen molar-refractivity contribution in [3.63, 3.8) is 0 Å². The molecule has 1 aromatic rings. The van der Waals surface area contributed by atoms with Crippen LogP contribution in [0.1, 0.15) is 197 Å². The number of rotatable bonds is 9. The molecular weight excluding hydrogens is 725 g/mol. The van der Waals surface area contributed by atoms with Crippen molar-refractivity contribution < 1.29 is 14.2 Å². The number of hydrogen-bond acceptors (Lipinski definition) is 5. The van der Waals surface area contributed by atoms with Gasteiger partial charge in [-0.2, -0.15) is 0 Å². The zero-order chi connectivity index (χ0) is 42.2. The van der Waals surface area contributed by atoms with E-state index in [4.69, 9.17) is 14.2 Å². The molecule has 5 nitrogen and oxygen atoms in total. The van der Waals surface area contributed by atoms with E-state index < -0.39 is 0 Å². The van der Waals surface area contributed by atoms with Crippen LogP contribution in [0, 0.1) is 47.3 Å². The molecular formula is C54H98N2O3. The van der Waals surface area contributed by atoms with Crippen molar-refractivity contribution in [1.82, 2.24) is 9.80 Å². The summed E-state index contributed by atoms with van der Waals surface area (Å²) in [6.45, 7) is 28.2. The molecule has 342 valence electrons. The van der Waals surface area contributed by atoms with Crippen LogP contribution in [0.4, 0.5) is 0 Å². The van der Waals surface area contributed by atoms with Crippen LogP contribution in [0.25, 0.3) is 0 Å². The van der Waals surface area contributed by atoms with Crippen molar-refractivity contribution in [3.05, 3.63) is 24.3 Å². The Bertz CT molecular complexity index is 1140. The van der Waals surface area contributed by atoms with Gasteiger partial charge in [-0.25, -0.2) is 0 Å². The van der Waals surface area contributed by atoms with Gasteiger partial charge < -0.3 is 24.0 Å². The smallest absolute Gasteiger partial charge is 0.161 e. The van der Waals surface area contributed by atoms with Crippen LogP contribution in [0.3, 0.4) is 0 Å². The van der Waals surface area contributed by atoms with Crippen molar-refractivity contribution in [1.29, 1.82) is 0 Å². The zero-order valence-electron chi connectivity index (χ0n) is 40.4. The molecule has 0 radical (unpaired) electrons. The summed E-state index contributed by atoms with van der Waals surface area (Å²) in [7, 11) is 0. The fraction of sp³-hybridized carbons (Fsp3) is 0.889. The second kappa shape index (κ2) is 29.1. The molecule has 4 heterocycles. The molecule has 9 aliphatic rings. The molecule has 5 aliphatic carbocycles. The summed E-state index contributed by atoms with van der Waals surface area (Å²) in [5, 5.41) is 0. The van der Waals surface area contributed by atoms with E-state index in [1.165, 1.54) is 142 Å². The Morgan fingerprint density at radius 1 is 0.576 bits per heavy atom. The van der Waals surface area contributed by atoms with E-state index in [0.717, 1.165) is 71.9 Å². The molecule has 4 aliphatic heterocycles. The average Bonchev–Trinajstić information content (AvgIpc) is 4.00. The van der Waals surface area contributed by atoms with Gasteiger partial charge in [0.2, 0.25) is 0 Å². The lowest BCUT2D eigenvalue weighted by Crippen LogP contribution is -2.46. The Morgan fingerprint density at radius 3 is 1.61 bits per heavy atom. The van der Waals surface area contributed by atoms with Gasteiger partial charge >= 0.3 is 0 Å². The van der Waals surface area contributed by atoms with Gasteiger partial charge in [0.15, 0.2) is 11.5 Å². The van der Waals surface area contributed by atoms with Crippen LogP contribution in [0.5, 0.6) is 11.5 Å². The first-order valence-electron chi connectivity index (χ1n) is 26.2. The van der Waals surface area contributed by atoms with E-state index in [1.54, 1.807) is 32.1 Å². The number of ether oxygens (including phenoxy) is 3. The summed E-state index contributed by atoms with van der Waals surface area (Å²) in [6.07, 6.45) is 32.2. The minimum Gasteiger partial charge on any atom is -0.486 e. The maximum atomic E-state index is 5.66. The van der Waals surface area contributed by atoms with Crippen molar-refractivity contribution in [2.45, 2.75) is 209 Å². The summed E-state index contributed by atoms with van der Waals surface area (Å²) in [4.78, 5) is 5.15. The zero-order valence-corrected chi connectivity index (χ0v) is 40.4. The second-order valence-electron chi connectivity index (χ2n) is 20.6. The summed E-state index contributed by atoms with van der Waals surface area (Å²) in [6, 6.07) is 7.78. The fourth-order valence-corrected chi connectivity index (χ4v) is 12.0. The van der Waals surface area contributed by atoms with E-state index in [0.29, 0.717) is 12.7 Å². The van der Waals surface area contributed by atoms with E-state index in [1.807, 2.05) is 24.3 Å². The van der Waals surface area contributed by atoms with Gasteiger partial charge in [0.1, 0.15) is 12.7 Å². The molecule has 5 heteroatoms. The third kappa shape index (κ3) is 18.5. The molecule has 3 saturated heterocycles. The van der Waals surface area contributed by atoms with Gasteiger partial charge in [-0.3, -0.25) is 0 Å². The molecule has 8 fully saturated rings. The van der Waals surface area contributed by atoms with Crippen LogP contribution in [0.2, 0.25) is 0 Å². The first-order chi connectivity index (χ1) is 28.7. The molecule has 0 aromatic heterocycles. The summed E-state index contributed by atoms with van der Waals surface area (Å²) >= 11 is 0. The SMILES string of the molecule is CC(C)C1C2CC3CC(C2)CC1C3.CC(C)C1CCCCC1.CCC1CCCO1.CCC1COc2ccccc2O1.CCCCN1CCCCC1.CCCN1CCCC1. The first-order valence-corrected chi connectivity index (χ1v) is 26.2. The number of nitrogens with zero attached hydrogens (tertiary/aromatic N) is 2. The number of para-hydroxylation sites is 2. The van der Waals surface area contributed by atoms with Gasteiger partial charge in [-0.05, 0) is 195 Å². The van der Waals surface area contributed by atoms with E-state index in [2.05, 4.69) is 65.2 Å². The van der Waals surface area contributed by atoms with Gasteiger partial charge in [0.05, 0.1) is 6.10 Å². The average molecular weight is 823 g/mol. The molecule has 0 amide bonds. The standard InChI is InChI=1S/C13H22.C10H12O2.C9H19N.C9H18.C7H15N.C6H12O/c1-8(2)13-11-4-9-3-10(6-11)7-12(13)5-9;1-2-8-7-11-9-5-3-4-6-10(9)12-8;1-2-3-7-10-8-5-4-6-9-10;1-8(2)9-6-4-3-5-7-9;1-2-5-8-6-3-4-7-8;1-2-6-4-3-5-7-6/h8-13H,3-7H2,1-2H3;3-6,8H,2,7H2,1H3;2-9H2,1H3;8-9H,3-7H2,1-2H3;2-7H2,1H3;6H,2-5H2,1H3. The highest BCUT2D eigenvalue weighted by Gasteiger charge is 2.48. The van der Waals surface area contributed by atoms with E-state index in [9.17, 15) is 0 Å². The minimum absolute atomic E-state index is 0.222. The summed E-state index contributed by atoms with van der Waals surface area (Å²) in [5.74, 6) is 10.4. The third-order valence-corrected chi connectivity index (χ3v) is 15.2. The van der Waals surface area contributed by atoms with Gasteiger partial charge in [0.25, 0.3) is 0 Å². The maximum Gasteiger partial charge on any atom is 0.161 e. The Balaban J connectivity index is 0.000000159. The largest absolute Gasteiger partial charge is 0.486 e. The molecule has 4 bridgehead atoms. The van der Waals surface area contributed by atoms with E-state index >= 15 is 0 Å². The minimum atomic E-state index is 0.222. The second-order valence-corrected chi connectivity index (χ2v) is 20.6. The number of piperidine rings is 1. The molecule has 0 N–H and O–H groups in total. The number of hydrogen-bond donors (Lipinski definition) is 0. The number of likely N-dealkylation sites (tertiary alicyclic amines) is 2. The normalized spacial score (nSPS) is 29.8. The topological polar surface area (TPSA) is 34.2 Å². The molecule has 59 heavy (non-hydrogen) atoms. The Labute approximate surface area is 367 Å². The lowest BCUT2D eigenvalue weighted by Gasteiger charge is -2.55. The molecule has 0 spiro atoms. The highest BCUT2D eigenvalue weighted by Crippen LogP contribution is 2.58. The lowest BCUT2D eigenvalue weighted by atomic mass is 9.50. The predicted molar refractivity (Wildman–Crippen MR) is 254 cm³/mol. The van der Waals surface area contributed by atoms with Gasteiger partial charge in [0, 0.05) is 6.61 Å². The maximum absolute atomic E-state index is 5.66. The van der Waals surface area contributed by atoms with Crippen molar-refractivity contribution in [2.24, 2.45) is 47.3 Å². The highest BCUT2D eigenvalue weighted by molar-refractivity contribution is 5.40. The molecule has 5 saturated carbocycles. The van der Waals surface area contributed by atoms with Crippen molar-refractivity contribution >= 4 is 0 Å². The number of unbranched alkanes of at least 4 members (excludes halogenated alkanes) is 1. The Morgan fingerprint density at radius 2 is 1.14 bits per heavy atom. The van der Waals surface area contributed by atoms with Crippen LogP contribution < -0.4 is 9.47 Å². The Kier molecular flexibility index (Phi) is 24.9. The fourth-order valence-electron chi connectivity index (χ4n) is 12.0. The lowest BCUT2D eigenvalue weighted by molar-refractivity contribution is -0.0552. The molecule has 10 rings (SSSR count). The first kappa shape index (κ1) is 50.3. The summed E-state index contributed by atoms with van der Waals surface area (Å²) < 4.78 is 16.5. The van der Waals surface area contributed by atoms with Crippen LogP contribution in [0.15, 0.2) is 24.3 Å². The Hall–Kier alpha value is -1.30. The quantitative estimate of drug-likeness (QED) is 0.248. The van der Waals surface area contributed by atoms with Crippen LogP contribution in [-0.4, -0.2) is 74.5 Å². The van der Waals surface area contributed by atoms with Crippen molar-refractivity contribution in [3.8, 4) is 11.5 Å². The summed E-state index contributed by atoms with van der Waals surface area (Å²) in [5.41, 5.74) is 0. The van der Waals surface area contributed by atoms with Gasteiger partial charge in [-0.1, -0.05) is 112 Å². The third-order valence-electron chi connectivity index (χ3n) is 15.2.